The number of carbonyl (C=O) groups is 4. The molecule has 39 heavy (non-hydrogen) atoms. The molecular weight excluding hydrogens is 492 g/mol. The summed E-state index contributed by atoms with van der Waals surface area (Å²) in [5.74, 6) is 0.220. The lowest BCUT2D eigenvalue weighted by atomic mass is 9.39. The Kier molecular flexibility index (Phi) is 7.51. The minimum absolute atomic E-state index is 0.0335. The summed E-state index contributed by atoms with van der Waals surface area (Å²) in [6, 6.07) is 0. The summed E-state index contributed by atoms with van der Waals surface area (Å²) in [7, 11) is 1.47. The number of ketones is 2. The van der Waals surface area contributed by atoms with Crippen molar-refractivity contribution in [1.29, 1.82) is 0 Å². The van der Waals surface area contributed by atoms with E-state index in [4.69, 9.17) is 9.47 Å². The van der Waals surface area contributed by atoms with Gasteiger partial charge < -0.3 is 9.47 Å². The summed E-state index contributed by atoms with van der Waals surface area (Å²) in [4.78, 5) is 53.5. The van der Waals surface area contributed by atoms with Crippen LogP contribution in [0.4, 0.5) is 0 Å². The molecule has 4 rings (SSSR count). The zero-order valence-corrected chi connectivity index (χ0v) is 26.0. The fraction of sp³-hybridized carbons (Fsp3) is 0.879. The Morgan fingerprint density at radius 3 is 2.03 bits per heavy atom. The van der Waals surface area contributed by atoms with Crippen molar-refractivity contribution >= 4 is 23.5 Å². The fourth-order valence-electron chi connectivity index (χ4n) is 10.0. The number of fused-ring (bicyclic) bond motifs is 4. The summed E-state index contributed by atoms with van der Waals surface area (Å²) in [6.45, 7) is 16.5. The first kappa shape index (κ1) is 30.2. The molecule has 0 aliphatic heterocycles. The molecule has 0 radical (unpaired) electrons. The number of hydrogen-bond donors (Lipinski definition) is 0. The van der Waals surface area contributed by atoms with Gasteiger partial charge in [0.2, 0.25) is 0 Å². The molecule has 0 aromatic carbocycles. The number of carbonyl (C=O) groups excluding carboxylic acids is 4. The first-order valence-electron chi connectivity index (χ1n) is 15.2. The van der Waals surface area contributed by atoms with Crippen molar-refractivity contribution in [2.24, 2.45) is 44.3 Å². The number of hydrogen-bond acceptors (Lipinski definition) is 6. The minimum Gasteiger partial charge on any atom is -0.469 e. The molecule has 0 bridgehead atoms. The van der Waals surface area contributed by atoms with Gasteiger partial charge in [-0.15, -0.1) is 0 Å². The number of ether oxygens (including phenoxy) is 2. The molecule has 0 aromatic rings. The highest BCUT2D eigenvalue weighted by Crippen LogP contribution is 2.69. The average molecular weight is 545 g/mol. The predicted octanol–water partition coefficient (Wildman–Crippen LogP) is 6.86. The molecule has 6 heteroatoms. The molecule has 0 saturated heterocycles. The van der Waals surface area contributed by atoms with E-state index in [1.165, 1.54) is 14.0 Å². The lowest BCUT2D eigenvalue weighted by Gasteiger charge is -2.65. The van der Waals surface area contributed by atoms with Crippen LogP contribution < -0.4 is 0 Å². The van der Waals surface area contributed by atoms with E-state index in [0.29, 0.717) is 50.7 Å². The maximum absolute atomic E-state index is 14.4. The molecule has 4 saturated carbocycles. The van der Waals surface area contributed by atoms with Crippen LogP contribution in [0, 0.1) is 44.3 Å². The third-order valence-corrected chi connectivity index (χ3v) is 13.2. The molecule has 0 unspecified atom stereocenters. The van der Waals surface area contributed by atoms with Crippen molar-refractivity contribution in [1.82, 2.24) is 0 Å². The topological polar surface area (TPSA) is 86.7 Å². The predicted molar refractivity (Wildman–Crippen MR) is 150 cm³/mol. The van der Waals surface area contributed by atoms with Crippen LogP contribution in [0.2, 0.25) is 0 Å². The molecule has 4 fully saturated rings. The van der Waals surface area contributed by atoms with Gasteiger partial charge in [-0.05, 0) is 87.4 Å². The van der Waals surface area contributed by atoms with Gasteiger partial charge in [-0.3, -0.25) is 19.2 Å². The Hall–Kier alpha value is -1.72. The van der Waals surface area contributed by atoms with Gasteiger partial charge in [-0.1, -0.05) is 41.5 Å². The van der Waals surface area contributed by atoms with E-state index in [1.807, 2.05) is 6.92 Å². The van der Waals surface area contributed by atoms with E-state index in [-0.39, 0.29) is 41.1 Å². The molecule has 8 atom stereocenters. The first-order chi connectivity index (χ1) is 17.9. The molecule has 0 N–H and O–H groups in total. The zero-order valence-electron chi connectivity index (χ0n) is 26.0. The maximum atomic E-state index is 14.4. The maximum Gasteiger partial charge on any atom is 0.311 e. The van der Waals surface area contributed by atoms with Gasteiger partial charge in [0.25, 0.3) is 0 Å². The average Bonchev–Trinajstić information content (AvgIpc) is 2.86. The lowest BCUT2D eigenvalue weighted by Crippen LogP contribution is -2.61. The number of esters is 2. The highest BCUT2D eigenvalue weighted by atomic mass is 16.5. The van der Waals surface area contributed by atoms with Gasteiger partial charge in [0.05, 0.1) is 12.5 Å². The van der Waals surface area contributed by atoms with Gasteiger partial charge in [-0.25, -0.2) is 0 Å². The number of rotatable bonds is 2. The normalized spacial score (nSPS) is 46.2. The molecule has 4 aliphatic rings. The second-order valence-corrected chi connectivity index (χ2v) is 15.5. The van der Waals surface area contributed by atoms with E-state index in [0.717, 1.165) is 25.7 Å². The number of Topliss-reactive ketones (excluding diaryl/α,β-unsaturated/α-hetero) is 2. The Labute approximate surface area is 235 Å². The summed E-state index contributed by atoms with van der Waals surface area (Å²) in [6.07, 6.45) is 7.41. The lowest BCUT2D eigenvalue weighted by molar-refractivity contribution is -0.188. The van der Waals surface area contributed by atoms with Crippen LogP contribution in [-0.4, -0.2) is 36.7 Å². The van der Waals surface area contributed by atoms with Gasteiger partial charge in [0.1, 0.15) is 17.7 Å². The van der Waals surface area contributed by atoms with Crippen molar-refractivity contribution in [3.63, 3.8) is 0 Å². The van der Waals surface area contributed by atoms with E-state index in [9.17, 15) is 19.2 Å². The molecule has 220 valence electrons. The summed E-state index contributed by atoms with van der Waals surface area (Å²) in [5.41, 5.74) is -2.46. The van der Waals surface area contributed by atoms with Crippen molar-refractivity contribution in [2.75, 3.05) is 7.11 Å². The van der Waals surface area contributed by atoms with Gasteiger partial charge in [0, 0.05) is 36.0 Å². The van der Waals surface area contributed by atoms with E-state index in [1.54, 1.807) is 0 Å². The molecule has 0 amide bonds. The fourth-order valence-corrected chi connectivity index (χ4v) is 10.0. The van der Waals surface area contributed by atoms with Crippen molar-refractivity contribution in [3.05, 3.63) is 0 Å². The summed E-state index contributed by atoms with van der Waals surface area (Å²) in [5, 5.41) is 0. The Morgan fingerprint density at radius 2 is 1.41 bits per heavy atom. The SMILES string of the molecule is COC(=O)[C@]1(C)CC[C@]2(C)CC[C@]3(C)C(=O)CC[C@H]4C(C)(C)[C@@H](OC(C)=O)CC[C@]4(C)C(=O)CC[C@@]3(C)[C@@H]2C1. The van der Waals surface area contributed by atoms with Gasteiger partial charge in [-0.2, -0.15) is 0 Å². The molecular formula is C33H52O6. The van der Waals surface area contributed by atoms with E-state index in [2.05, 4.69) is 41.5 Å². The second kappa shape index (κ2) is 9.69. The largest absolute Gasteiger partial charge is 0.469 e. The van der Waals surface area contributed by atoms with E-state index < -0.39 is 27.1 Å². The van der Waals surface area contributed by atoms with Crippen LogP contribution in [0.15, 0.2) is 0 Å². The monoisotopic (exact) mass is 544 g/mol. The van der Waals surface area contributed by atoms with Crippen molar-refractivity contribution in [3.8, 4) is 0 Å². The van der Waals surface area contributed by atoms with Crippen LogP contribution in [0.1, 0.15) is 126 Å². The van der Waals surface area contributed by atoms with E-state index >= 15 is 0 Å². The third kappa shape index (κ3) is 4.51. The minimum atomic E-state index is -0.571. The van der Waals surface area contributed by atoms with Gasteiger partial charge >= 0.3 is 11.9 Å². The quantitative estimate of drug-likeness (QED) is 0.353. The highest BCUT2D eigenvalue weighted by Gasteiger charge is 2.65. The van der Waals surface area contributed by atoms with Crippen LogP contribution in [-0.2, 0) is 28.7 Å². The van der Waals surface area contributed by atoms with Crippen LogP contribution in [0.3, 0.4) is 0 Å². The third-order valence-electron chi connectivity index (χ3n) is 13.2. The van der Waals surface area contributed by atoms with Crippen LogP contribution in [0.25, 0.3) is 0 Å². The highest BCUT2D eigenvalue weighted by molar-refractivity contribution is 5.88. The Bertz CT molecular complexity index is 1050. The van der Waals surface area contributed by atoms with Gasteiger partial charge in [0.15, 0.2) is 0 Å². The Morgan fingerprint density at radius 1 is 0.769 bits per heavy atom. The molecule has 0 heterocycles. The zero-order chi connectivity index (χ0) is 29.2. The molecule has 4 aliphatic carbocycles. The van der Waals surface area contributed by atoms with Crippen molar-refractivity contribution in [2.45, 2.75) is 132 Å². The number of methoxy groups -OCH3 is 1. The smallest absolute Gasteiger partial charge is 0.311 e. The second-order valence-electron chi connectivity index (χ2n) is 15.5. The Balaban J connectivity index is 1.74. The summed E-state index contributed by atoms with van der Waals surface area (Å²) >= 11 is 0. The molecule has 0 aromatic heterocycles. The molecule has 0 spiro atoms. The van der Waals surface area contributed by atoms with Crippen LogP contribution >= 0.6 is 0 Å². The van der Waals surface area contributed by atoms with Crippen LogP contribution in [0.5, 0.6) is 0 Å². The molecule has 6 nitrogen and oxygen atoms in total. The summed E-state index contributed by atoms with van der Waals surface area (Å²) < 4.78 is 11.0. The first-order valence-corrected chi connectivity index (χ1v) is 15.2. The van der Waals surface area contributed by atoms with Crippen molar-refractivity contribution < 1.29 is 28.7 Å². The standard InChI is InChI=1S/C33H52O6/c1-21(34)39-26-13-14-31(6)22(28(26,2)3)10-11-25(36)33(8)19-18-29(4)16-17-30(5,27(37)38-9)20-23(29)32(33,7)15-12-24(31)35/h22-23,26H,10-20H2,1-9H3/t22-,23+,26-,29+,30+,31-,32-,33+/m0/s1.